The van der Waals surface area contributed by atoms with Crippen molar-refractivity contribution in [2.75, 3.05) is 11.4 Å². The molecular formula is C20H20Cl2N2O2. The van der Waals surface area contributed by atoms with E-state index in [1.807, 2.05) is 37.3 Å². The minimum Gasteiger partial charge on any atom is -0.349 e. The number of rotatable bonds is 5. The molecule has 0 bridgehead atoms. The van der Waals surface area contributed by atoms with Crippen LogP contribution in [0.15, 0.2) is 42.5 Å². The van der Waals surface area contributed by atoms with E-state index in [9.17, 15) is 9.59 Å². The molecule has 26 heavy (non-hydrogen) atoms. The van der Waals surface area contributed by atoms with Gasteiger partial charge in [0.15, 0.2) is 0 Å². The Kier molecular flexibility index (Phi) is 5.84. The number of hydrogen-bond acceptors (Lipinski definition) is 2. The first-order valence-electron chi connectivity index (χ1n) is 8.57. The lowest BCUT2D eigenvalue weighted by Crippen LogP contribution is -2.28. The van der Waals surface area contributed by atoms with E-state index in [0.29, 0.717) is 16.5 Å². The predicted octanol–water partition coefficient (Wildman–Crippen LogP) is 4.54. The summed E-state index contributed by atoms with van der Waals surface area (Å²) in [6.07, 6.45) is 1.77. The van der Waals surface area contributed by atoms with Crippen molar-refractivity contribution in [3.05, 3.63) is 63.6 Å². The lowest BCUT2D eigenvalue weighted by atomic mass is 10.1. The van der Waals surface area contributed by atoms with Gasteiger partial charge in [-0.1, -0.05) is 41.4 Å². The number of carbonyl (C=O) groups is 2. The number of nitrogens with one attached hydrogen (secondary N) is 1. The van der Waals surface area contributed by atoms with Gasteiger partial charge in [-0.2, -0.15) is 0 Å². The maximum absolute atomic E-state index is 12.3. The molecule has 1 fully saturated rings. The van der Waals surface area contributed by atoms with Crippen molar-refractivity contribution in [3.8, 4) is 0 Å². The Morgan fingerprint density at radius 2 is 1.92 bits per heavy atom. The van der Waals surface area contributed by atoms with Gasteiger partial charge in [-0.05, 0) is 48.7 Å². The van der Waals surface area contributed by atoms with Crippen LogP contribution in [0.1, 0.15) is 36.9 Å². The second kappa shape index (κ2) is 8.11. The molecule has 4 nitrogen and oxygen atoms in total. The summed E-state index contributed by atoms with van der Waals surface area (Å²) in [5.41, 5.74) is 2.61. The Balaban J connectivity index is 1.60. The number of halogens is 2. The fourth-order valence-corrected chi connectivity index (χ4v) is 3.70. The van der Waals surface area contributed by atoms with E-state index in [2.05, 4.69) is 5.32 Å². The van der Waals surface area contributed by atoms with Gasteiger partial charge in [0.1, 0.15) is 0 Å². The zero-order valence-electron chi connectivity index (χ0n) is 14.5. The second-order valence-corrected chi connectivity index (χ2v) is 7.29. The summed E-state index contributed by atoms with van der Waals surface area (Å²) in [7, 11) is 0. The van der Waals surface area contributed by atoms with E-state index >= 15 is 0 Å². The molecule has 2 aromatic carbocycles. The van der Waals surface area contributed by atoms with Crippen LogP contribution in [0.5, 0.6) is 0 Å². The molecule has 1 aliphatic rings. The fourth-order valence-electron chi connectivity index (χ4n) is 3.12. The van der Waals surface area contributed by atoms with Crippen LogP contribution < -0.4 is 10.2 Å². The quantitative estimate of drug-likeness (QED) is 0.814. The number of anilines is 1. The zero-order chi connectivity index (χ0) is 18.7. The Hall–Kier alpha value is -2.04. The van der Waals surface area contributed by atoms with Gasteiger partial charge < -0.3 is 10.2 Å². The molecule has 1 heterocycles. The van der Waals surface area contributed by atoms with Crippen LogP contribution in [0.3, 0.4) is 0 Å². The average Bonchev–Trinajstić information content (AvgIpc) is 3.01. The Morgan fingerprint density at radius 1 is 1.19 bits per heavy atom. The van der Waals surface area contributed by atoms with Gasteiger partial charge in [0.2, 0.25) is 11.8 Å². The lowest BCUT2D eigenvalue weighted by molar-refractivity contribution is -0.121. The molecule has 2 aromatic rings. The molecule has 1 atom stereocenters. The highest BCUT2D eigenvalue weighted by atomic mass is 35.5. The first-order valence-corrected chi connectivity index (χ1v) is 9.33. The van der Waals surface area contributed by atoms with Crippen LogP contribution in [0.2, 0.25) is 10.0 Å². The van der Waals surface area contributed by atoms with Crippen LogP contribution in [0.25, 0.3) is 0 Å². The maximum atomic E-state index is 12.3. The Morgan fingerprint density at radius 3 is 2.54 bits per heavy atom. The number of hydrogen-bond donors (Lipinski definition) is 1. The van der Waals surface area contributed by atoms with Crippen molar-refractivity contribution < 1.29 is 9.59 Å². The molecule has 3 rings (SSSR count). The minimum absolute atomic E-state index is 0.0893. The second-order valence-electron chi connectivity index (χ2n) is 6.45. The van der Waals surface area contributed by atoms with Crippen molar-refractivity contribution in [3.63, 3.8) is 0 Å². The molecule has 0 unspecified atom stereocenters. The van der Waals surface area contributed by atoms with Crippen molar-refractivity contribution >= 4 is 40.7 Å². The molecule has 0 aliphatic carbocycles. The van der Waals surface area contributed by atoms with Crippen LogP contribution in [-0.4, -0.2) is 18.4 Å². The smallest absolute Gasteiger partial charge is 0.227 e. The molecule has 2 amide bonds. The third-order valence-electron chi connectivity index (χ3n) is 4.49. The van der Waals surface area contributed by atoms with E-state index in [0.717, 1.165) is 29.8 Å². The van der Waals surface area contributed by atoms with Crippen molar-refractivity contribution in [1.82, 2.24) is 5.32 Å². The van der Waals surface area contributed by atoms with Crippen LogP contribution in [0, 0.1) is 0 Å². The average molecular weight is 391 g/mol. The highest BCUT2D eigenvalue weighted by Crippen LogP contribution is 2.26. The van der Waals surface area contributed by atoms with Gasteiger partial charge in [0, 0.05) is 28.7 Å². The molecule has 1 aliphatic heterocycles. The molecule has 0 aromatic heterocycles. The van der Waals surface area contributed by atoms with E-state index in [4.69, 9.17) is 23.2 Å². The molecule has 0 spiro atoms. The number of carbonyl (C=O) groups excluding carboxylic acids is 2. The number of nitrogens with zero attached hydrogens (tertiary/aromatic N) is 1. The molecule has 1 saturated heterocycles. The minimum atomic E-state index is -0.214. The van der Waals surface area contributed by atoms with Gasteiger partial charge in [0.25, 0.3) is 0 Å². The maximum Gasteiger partial charge on any atom is 0.227 e. The van der Waals surface area contributed by atoms with Gasteiger partial charge >= 0.3 is 0 Å². The van der Waals surface area contributed by atoms with E-state index in [-0.39, 0.29) is 24.3 Å². The topological polar surface area (TPSA) is 49.4 Å². The van der Waals surface area contributed by atoms with Crippen LogP contribution >= 0.6 is 23.2 Å². The van der Waals surface area contributed by atoms with Crippen molar-refractivity contribution in [2.24, 2.45) is 0 Å². The van der Waals surface area contributed by atoms with Crippen molar-refractivity contribution in [1.29, 1.82) is 0 Å². The third kappa shape index (κ3) is 4.37. The van der Waals surface area contributed by atoms with Gasteiger partial charge in [-0.15, -0.1) is 0 Å². The SMILES string of the molecule is C[C@@H](NC(=O)Cc1ccc(N2CCCC2=O)cc1)c1ccc(Cl)cc1Cl. The van der Waals surface area contributed by atoms with E-state index in [1.165, 1.54) is 0 Å². The summed E-state index contributed by atoms with van der Waals surface area (Å²) in [6, 6.07) is 12.6. The normalized spacial score (nSPS) is 15.2. The predicted molar refractivity (Wildman–Crippen MR) is 105 cm³/mol. The fraction of sp³-hybridized carbons (Fsp3) is 0.300. The molecule has 136 valence electrons. The van der Waals surface area contributed by atoms with Crippen LogP contribution in [0.4, 0.5) is 5.69 Å². The third-order valence-corrected chi connectivity index (χ3v) is 5.06. The number of amides is 2. The summed E-state index contributed by atoms with van der Waals surface area (Å²) >= 11 is 12.1. The van der Waals surface area contributed by atoms with E-state index in [1.54, 1.807) is 17.0 Å². The highest BCUT2D eigenvalue weighted by molar-refractivity contribution is 6.35. The Bertz CT molecular complexity index is 821. The summed E-state index contributed by atoms with van der Waals surface area (Å²) in [5.74, 6) is 0.0673. The Labute approximate surface area is 163 Å². The largest absolute Gasteiger partial charge is 0.349 e. The molecule has 6 heteroatoms. The standard InChI is InChI=1S/C20H20Cl2N2O2/c1-13(17-9-6-15(21)12-18(17)22)23-19(25)11-14-4-7-16(8-5-14)24-10-2-3-20(24)26/h4-9,12-13H,2-3,10-11H2,1H3,(H,23,25)/t13-/m1/s1. The van der Waals surface area contributed by atoms with Crippen molar-refractivity contribution in [2.45, 2.75) is 32.2 Å². The number of benzene rings is 2. The van der Waals surface area contributed by atoms with Gasteiger partial charge in [0.05, 0.1) is 12.5 Å². The monoisotopic (exact) mass is 390 g/mol. The van der Waals surface area contributed by atoms with E-state index < -0.39 is 0 Å². The summed E-state index contributed by atoms with van der Waals surface area (Å²) in [5, 5.41) is 4.05. The lowest BCUT2D eigenvalue weighted by Gasteiger charge is -2.17. The highest BCUT2D eigenvalue weighted by Gasteiger charge is 2.21. The molecule has 0 saturated carbocycles. The van der Waals surface area contributed by atoms with Gasteiger partial charge in [-0.25, -0.2) is 0 Å². The summed E-state index contributed by atoms with van der Waals surface area (Å²) < 4.78 is 0. The van der Waals surface area contributed by atoms with Crippen LogP contribution in [-0.2, 0) is 16.0 Å². The summed E-state index contributed by atoms with van der Waals surface area (Å²) in [4.78, 5) is 25.9. The molecule has 1 N–H and O–H groups in total. The van der Waals surface area contributed by atoms with Gasteiger partial charge in [-0.3, -0.25) is 9.59 Å². The molecule has 0 radical (unpaired) electrons. The first kappa shape index (κ1) is 18.7. The molecular weight excluding hydrogens is 371 g/mol. The summed E-state index contributed by atoms with van der Waals surface area (Å²) in [6.45, 7) is 2.65. The first-order chi connectivity index (χ1) is 12.4. The zero-order valence-corrected chi connectivity index (χ0v) is 16.0.